The van der Waals surface area contributed by atoms with Crippen molar-refractivity contribution < 1.29 is 9.53 Å². The first-order valence-electron chi connectivity index (χ1n) is 11.0. The number of nitrogens with zero attached hydrogens (tertiary/aromatic N) is 3. The van der Waals surface area contributed by atoms with Gasteiger partial charge in [-0.3, -0.25) is 4.98 Å². The summed E-state index contributed by atoms with van der Waals surface area (Å²) in [5.74, 6) is -0.365. The van der Waals surface area contributed by atoms with Gasteiger partial charge in [0, 0.05) is 30.3 Å². The number of hydrogen-bond donors (Lipinski definition) is 1. The molecule has 1 saturated heterocycles. The normalized spacial score (nSPS) is 17.4. The number of methoxy groups -OCH3 is 1. The standard InChI is InChI=1S/C27H24N4O2S/c1-33-26(32)20-11-7-12-21(17-20)30-16-8-14-23(30)25-24(22-13-5-6-15-28-22)29-27(34)31(25)18-19-9-3-2-4-10-19/h2-17,24-25H,18H2,1H3,(H,29,34). The van der Waals surface area contributed by atoms with Crippen LogP contribution in [-0.2, 0) is 11.3 Å². The van der Waals surface area contributed by atoms with Crippen LogP contribution in [0.3, 0.4) is 0 Å². The minimum absolute atomic E-state index is 0.112. The summed E-state index contributed by atoms with van der Waals surface area (Å²) in [6, 6.07) is 27.5. The van der Waals surface area contributed by atoms with Crippen molar-refractivity contribution in [2.45, 2.75) is 18.6 Å². The molecule has 0 bridgehead atoms. The van der Waals surface area contributed by atoms with E-state index in [0.717, 1.165) is 17.1 Å². The molecule has 1 aliphatic rings. The quantitative estimate of drug-likeness (QED) is 0.323. The van der Waals surface area contributed by atoms with Gasteiger partial charge in [0.2, 0.25) is 0 Å². The van der Waals surface area contributed by atoms with Crippen molar-refractivity contribution in [3.8, 4) is 5.69 Å². The molecule has 2 aromatic heterocycles. The number of nitrogens with one attached hydrogen (secondary N) is 1. The molecule has 34 heavy (non-hydrogen) atoms. The van der Waals surface area contributed by atoms with Crippen LogP contribution in [0, 0.1) is 0 Å². The molecule has 2 unspecified atom stereocenters. The Morgan fingerprint density at radius 2 is 1.85 bits per heavy atom. The van der Waals surface area contributed by atoms with Gasteiger partial charge in [-0.1, -0.05) is 42.5 Å². The predicted octanol–water partition coefficient (Wildman–Crippen LogP) is 4.83. The Morgan fingerprint density at radius 1 is 1.03 bits per heavy atom. The van der Waals surface area contributed by atoms with Gasteiger partial charge in [-0.05, 0) is 60.2 Å². The molecule has 2 atom stereocenters. The molecule has 0 saturated carbocycles. The van der Waals surface area contributed by atoms with Crippen molar-refractivity contribution >= 4 is 23.3 Å². The highest BCUT2D eigenvalue weighted by Crippen LogP contribution is 2.40. The Balaban J connectivity index is 1.59. The van der Waals surface area contributed by atoms with Gasteiger partial charge in [-0.25, -0.2) is 4.79 Å². The monoisotopic (exact) mass is 468 g/mol. The molecule has 0 radical (unpaired) electrons. The van der Waals surface area contributed by atoms with Crippen molar-refractivity contribution in [1.29, 1.82) is 0 Å². The Morgan fingerprint density at radius 3 is 2.62 bits per heavy atom. The van der Waals surface area contributed by atoms with Gasteiger partial charge in [0.25, 0.3) is 0 Å². The Hall–Kier alpha value is -3.97. The van der Waals surface area contributed by atoms with Gasteiger partial charge >= 0.3 is 5.97 Å². The summed E-state index contributed by atoms with van der Waals surface area (Å²) in [4.78, 5) is 19.0. The number of pyridine rings is 1. The van der Waals surface area contributed by atoms with Crippen LogP contribution in [0.15, 0.2) is 97.3 Å². The number of hydrogen-bond acceptors (Lipinski definition) is 4. The lowest BCUT2D eigenvalue weighted by atomic mass is 10.0. The topological polar surface area (TPSA) is 59.4 Å². The zero-order valence-corrected chi connectivity index (χ0v) is 19.5. The summed E-state index contributed by atoms with van der Waals surface area (Å²) in [5.41, 5.74) is 4.51. The second-order valence-corrected chi connectivity index (χ2v) is 8.47. The number of benzene rings is 2. The van der Waals surface area contributed by atoms with Crippen LogP contribution < -0.4 is 5.32 Å². The molecule has 5 rings (SSSR count). The Kier molecular flexibility index (Phi) is 6.10. The fourth-order valence-electron chi connectivity index (χ4n) is 4.45. The first kappa shape index (κ1) is 21.9. The second kappa shape index (κ2) is 9.49. The molecule has 0 spiro atoms. The molecule has 1 aliphatic heterocycles. The first-order valence-corrected chi connectivity index (χ1v) is 11.4. The SMILES string of the molecule is COC(=O)c1cccc(-n2cccc2C2C(c3ccccn3)NC(=S)N2Cc2ccccc2)c1. The van der Waals surface area contributed by atoms with E-state index in [0.29, 0.717) is 17.2 Å². The van der Waals surface area contributed by atoms with Crippen LogP contribution in [-0.4, -0.2) is 32.6 Å². The van der Waals surface area contributed by atoms with Crippen molar-refractivity contribution in [3.05, 3.63) is 120 Å². The molecule has 6 nitrogen and oxygen atoms in total. The third kappa shape index (κ3) is 4.18. The van der Waals surface area contributed by atoms with Crippen LogP contribution in [0.5, 0.6) is 0 Å². The van der Waals surface area contributed by atoms with E-state index in [4.69, 9.17) is 17.0 Å². The minimum atomic E-state index is -0.365. The lowest BCUT2D eigenvalue weighted by Crippen LogP contribution is -2.30. The third-order valence-electron chi connectivity index (χ3n) is 6.02. The number of carbonyl (C=O) groups is 1. The predicted molar refractivity (Wildman–Crippen MR) is 135 cm³/mol. The number of rotatable bonds is 6. The molecule has 0 aliphatic carbocycles. The summed E-state index contributed by atoms with van der Waals surface area (Å²) >= 11 is 5.81. The summed E-state index contributed by atoms with van der Waals surface area (Å²) in [5, 5.41) is 4.18. The summed E-state index contributed by atoms with van der Waals surface area (Å²) in [6.07, 6.45) is 3.80. The summed E-state index contributed by atoms with van der Waals surface area (Å²) < 4.78 is 7.02. The smallest absolute Gasteiger partial charge is 0.337 e. The van der Waals surface area contributed by atoms with Crippen LogP contribution >= 0.6 is 12.2 Å². The zero-order valence-electron chi connectivity index (χ0n) is 18.7. The van der Waals surface area contributed by atoms with E-state index in [9.17, 15) is 4.79 Å². The van der Waals surface area contributed by atoms with Crippen LogP contribution in [0.2, 0.25) is 0 Å². The van der Waals surface area contributed by atoms with E-state index in [-0.39, 0.29) is 18.1 Å². The maximum Gasteiger partial charge on any atom is 0.337 e. The molecular formula is C27H24N4O2S. The maximum atomic E-state index is 12.1. The Labute approximate surface area is 203 Å². The van der Waals surface area contributed by atoms with Crippen molar-refractivity contribution in [2.75, 3.05) is 7.11 Å². The Bertz CT molecular complexity index is 1310. The summed E-state index contributed by atoms with van der Waals surface area (Å²) in [7, 11) is 1.39. The molecule has 4 aromatic rings. The van der Waals surface area contributed by atoms with Gasteiger partial charge in [0.1, 0.15) is 0 Å². The zero-order chi connectivity index (χ0) is 23.5. The number of ether oxygens (including phenoxy) is 1. The van der Waals surface area contributed by atoms with E-state index >= 15 is 0 Å². The van der Waals surface area contributed by atoms with Gasteiger partial charge in [-0.15, -0.1) is 0 Å². The molecular weight excluding hydrogens is 444 g/mol. The summed E-state index contributed by atoms with van der Waals surface area (Å²) in [6.45, 7) is 0.661. The van der Waals surface area contributed by atoms with E-state index in [1.54, 1.807) is 12.3 Å². The average molecular weight is 469 g/mol. The van der Waals surface area contributed by atoms with Crippen molar-refractivity contribution in [1.82, 2.24) is 19.8 Å². The van der Waals surface area contributed by atoms with E-state index in [1.807, 2.05) is 66.9 Å². The number of carbonyl (C=O) groups excluding carboxylic acids is 1. The van der Waals surface area contributed by atoms with E-state index in [1.165, 1.54) is 12.7 Å². The molecule has 3 heterocycles. The fraction of sp³-hybridized carbons (Fsp3) is 0.148. The van der Waals surface area contributed by atoms with Crippen LogP contribution in [0.25, 0.3) is 5.69 Å². The molecule has 0 amide bonds. The molecule has 2 aromatic carbocycles. The molecule has 170 valence electrons. The molecule has 1 fully saturated rings. The molecule has 1 N–H and O–H groups in total. The van der Waals surface area contributed by atoms with Gasteiger partial charge in [0.05, 0.1) is 30.5 Å². The average Bonchev–Trinajstić information content (AvgIpc) is 3.49. The number of esters is 1. The van der Waals surface area contributed by atoms with Gasteiger partial charge < -0.3 is 19.5 Å². The van der Waals surface area contributed by atoms with Gasteiger partial charge in [-0.2, -0.15) is 0 Å². The highest BCUT2D eigenvalue weighted by Gasteiger charge is 2.41. The lowest BCUT2D eigenvalue weighted by Gasteiger charge is -2.29. The number of aromatic nitrogens is 2. The lowest BCUT2D eigenvalue weighted by molar-refractivity contribution is 0.0600. The van der Waals surface area contributed by atoms with Gasteiger partial charge in [0.15, 0.2) is 5.11 Å². The highest BCUT2D eigenvalue weighted by atomic mass is 32.1. The first-order chi connectivity index (χ1) is 16.7. The number of thiocarbonyl (C=S) groups is 1. The van der Waals surface area contributed by atoms with E-state index in [2.05, 4.69) is 38.0 Å². The third-order valence-corrected chi connectivity index (χ3v) is 6.37. The second-order valence-electron chi connectivity index (χ2n) is 8.09. The van der Waals surface area contributed by atoms with E-state index < -0.39 is 0 Å². The maximum absolute atomic E-state index is 12.1. The fourth-order valence-corrected chi connectivity index (χ4v) is 4.75. The highest BCUT2D eigenvalue weighted by molar-refractivity contribution is 7.80. The van der Waals surface area contributed by atoms with Crippen LogP contribution in [0.4, 0.5) is 0 Å². The van der Waals surface area contributed by atoms with Crippen LogP contribution in [0.1, 0.15) is 39.4 Å². The molecule has 7 heteroatoms. The van der Waals surface area contributed by atoms with Crippen molar-refractivity contribution in [2.24, 2.45) is 0 Å². The minimum Gasteiger partial charge on any atom is -0.465 e. The van der Waals surface area contributed by atoms with Crippen molar-refractivity contribution in [3.63, 3.8) is 0 Å². The largest absolute Gasteiger partial charge is 0.465 e.